The van der Waals surface area contributed by atoms with Crippen LogP contribution in [0.25, 0.3) is 0 Å². The highest BCUT2D eigenvalue weighted by Crippen LogP contribution is 2.28. The Morgan fingerprint density at radius 3 is 2.23 bits per heavy atom. The summed E-state index contributed by atoms with van der Waals surface area (Å²) < 4.78 is 11.2. The van der Waals surface area contributed by atoms with Gasteiger partial charge in [-0.25, -0.2) is 0 Å². The third kappa shape index (κ3) is 8.30. The molecule has 166 valence electrons. The number of methoxy groups -OCH3 is 1. The van der Waals surface area contributed by atoms with Crippen LogP contribution in [-0.2, 0) is 13.1 Å². The molecule has 0 aliphatic rings. The van der Waals surface area contributed by atoms with Gasteiger partial charge in [-0.05, 0) is 30.3 Å². The van der Waals surface area contributed by atoms with Crippen molar-refractivity contribution in [2.75, 3.05) is 53.6 Å². The maximum atomic E-state index is 10.4. The van der Waals surface area contributed by atoms with Gasteiger partial charge in [-0.3, -0.25) is 9.80 Å². The van der Waals surface area contributed by atoms with Crippen LogP contribution in [0.15, 0.2) is 48.5 Å². The number of benzene rings is 2. The van der Waals surface area contributed by atoms with E-state index in [4.69, 9.17) is 9.47 Å². The average Bonchev–Trinajstić information content (AvgIpc) is 2.73. The fourth-order valence-electron chi connectivity index (χ4n) is 3.30. The van der Waals surface area contributed by atoms with Crippen molar-refractivity contribution in [3.63, 3.8) is 0 Å². The van der Waals surface area contributed by atoms with E-state index in [2.05, 4.69) is 17.0 Å². The number of nitrogens with zero attached hydrogens (tertiary/aromatic N) is 2. The van der Waals surface area contributed by atoms with Gasteiger partial charge in [0.15, 0.2) is 11.5 Å². The van der Waals surface area contributed by atoms with Crippen molar-refractivity contribution in [3.05, 3.63) is 59.7 Å². The summed E-state index contributed by atoms with van der Waals surface area (Å²) in [5.74, 6) is 1.16. The fourth-order valence-corrected chi connectivity index (χ4v) is 3.30. The van der Waals surface area contributed by atoms with E-state index in [1.165, 1.54) is 5.56 Å². The SMILES string of the molecule is COc1ccc(CN(CCO)CCO)cc1OC[C@@H](O)CN(C)Cc1ccccc1. The van der Waals surface area contributed by atoms with E-state index >= 15 is 0 Å². The normalized spacial score (nSPS) is 12.4. The van der Waals surface area contributed by atoms with Crippen molar-refractivity contribution < 1.29 is 24.8 Å². The molecule has 0 saturated heterocycles. The molecule has 0 heterocycles. The minimum atomic E-state index is -0.646. The average molecular weight is 419 g/mol. The monoisotopic (exact) mass is 418 g/mol. The van der Waals surface area contributed by atoms with Crippen LogP contribution >= 0.6 is 0 Å². The molecule has 0 spiro atoms. The first-order chi connectivity index (χ1) is 14.5. The lowest BCUT2D eigenvalue weighted by atomic mass is 10.2. The van der Waals surface area contributed by atoms with E-state index in [-0.39, 0.29) is 19.8 Å². The van der Waals surface area contributed by atoms with Crippen LogP contribution in [-0.4, -0.2) is 84.8 Å². The van der Waals surface area contributed by atoms with Crippen LogP contribution in [0.3, 0.4) is 0 Å². The minimum absolute atomic E-state index is 0.0300. The molecule has 1 atom stereocenters. The van der Waals surface area contributed by atoms with Crippen LogP contribution in [0, 0.1) is 0 Å². The van der Waals surface area contributed by atoms with Gasteiger partial charge >= 0.3 is 0 Å². The lowest BCUT2D eigenvalue weighted by Crippen LogP contribution is -2.32. The molecule has 0 aliphatic carbocycles. The number of aliphatic hydroxyl groups excluding tert-OH is 3. The smallest absolute Gasteiger partial charge is 0.161 e. The Morgan fingerprint density at radius 2 is 1.60 bits per heavy atom. The summed E-state index contributed by atoms with van der Waals surface area (Å²) >= 11 is 0. The summed E-state index contributed by atoms with van der Waals surface area (Å²) in [7, 11) is 3.55. The number of likely N-dealkylation sites (N-methyl/N-ethyl adjacent to an activating group) is 1. The second-order valence-electron chi connectivity index (χ2n) is 7.36. The lowest BCUT2D eigenvalue weighted by Gasteiger charge is -2.22. The van der Waals surface area contributed by atoms with Crippen LogP contribution in [0.1, 0.15) is 11.1 Å². The maximum Gasteiger partial charge on any atom is 0.161 e. The third-order valence-corrected chi connectivity index (χ3v) is 4.72. The van der Waals surface area contributed by atoms with Gasteiger partial charge in [0.2, 0.25) is 0 Å². The Morgan fingerprint density at radius 1 is 0.900 bits per heavy atom. The van der Waals surface area contributed by atoms with Gasteiger partial charge in [-0.1, -0.05) is 36.4 Å². The van der Waals surface area contributed by atoms with Gasteiger partial charge in [0.1, 0.15) is 12.7 Å². The number of ether oxygens (including phenoxy) is 2. The van der Waals surface area contributed by atoms with Gasteiger partial charge < -0.3 is 24.8 Å². The van der Waals surface area contributed by atoms with Crippen LogP contribution < -0.4 is 9.47 Å². The molecule has 2 rings (SSSR count). The Balaban J connectivity index is 1.92. The minimum Gasteiger partial charge on any atom is -0.493 e. The highest BCUT2D eigenvalue weighted by Gasteiger charge is 2.13. The predicted octanol–water partition coefficient (Wildman–Crippen LogP) is 1.35. The molecule has 0 aromatic heterocycles. The first kappa shape index (κ1) is 24.1. The second kappa shape index (κ2) is 13.2. The van der Waals surface area contributed by atoms with E-state index in [0.717, 1.165) is 12.1 Å². The van der Waals surface area contributed by atoms with E-state index < -0.39 is 6.10 Å². The zero-order chi connectivity index (χ0) is 21.8. The zero-order valence-electron chi connectivity index (χ0n) is 17.9. The summed E-state index contributed by atoms with van der Waals surface area (Å²) in [4.78, 5) is 4.01. The quantitative estimate of drug-likeness (QED) is 0.427. The molecule has 0 aliphatic heterocycles. The molecule has 3 N–H and O–H groups in total. The first-order valence-electron chi connectivity index (χ1n) is 10.2. The standard InChI is InChI=1S/C23H34N2O5/c1-24(15-19-6-4-3-5-7-19)17-21(28)18-30-23-14-20(8-9-22(23)29-2)16-25(10-12-26)11-13-27/h3-9,14,21,26-28H,10-13,15-18H2,1-2H3/t21-/m0/s1. The van der Waals surface area contributed by atoms with Gasteiger partial charge in [-0.2, -0.15) is 0 Å². The summed E-state index contributed by atoms with van der Waals surface area (Å²) in [6.07, 6.45) is -0.646. The Hall–Kier alpha value is -2.16. The molecule has 7 heteroatoms. The highest BCUT2D eigenvalue weighted by molar-refractivity contribution is 5.43. The Bertz CT molecular complexity index is 723. The lowest BCUT2D eigenvalue weighted by molar-refractivity contribution is 0.0732. The second-order valence-corrected chi connectivity index (χ2v) is 7.36. The van der Waals surface area contributed by atoms with Crippen molar-refractivity contribution in [2.45, 2.75) is 19.2 Å². The van der Waals surface area contributed by atoms with E-state index in [1.807, 2.05) is 48.3 Å². The fraction of sp³-hybridized carbons (Fsp3) is 0.478. The van der Waals surface area contributed by atoms with Crippen molar-refractivity contribution in [3.8, 4) is 11.5 Å². The molecule has 7 nitrogen and oxygen atoms in total. The number of hydrogen-bond donors (Lipinski definition) is 3. The number of rotatable bonds is 14. The summed E-state index contributed by atoms with van der Waals surface area (Å²) in [6, 6.07) is 15.8. The topological polar surface area (TPSA) is 85.6 Å². The Kier molecular flexibility index (Phi) is 10.6. The summed E-state index contributed by atoms with van der Waals surface area (Å²) in [5.41, 5.74) is 2.17. The van der Waals surface area contributed by atoms with Crippen LogP contribution in [0.2, 0.25) is 0 Å². The number of aliphatic hydroxyl groups is 3. The summed E-state index contributed by atoms with van der Waals surface area (Å²) in [5, 5.41) is 28.8. The molecule has 0 radical (unpaired) electrons. The third-order valence-electron chi connectivity index (χ3n) is 4.72. The maximum absolute atomic E-state index is 10.4. The zero-order valence-corrected chi connectivity index (χ0v) is 17.9. The van der Waals surface area contributed by atoms with Gasteiger partial charge in [0.05, 0.1) is 20.3 Å². The number of hydrogen-bond acceptors (Lipinski definition) is 7. The largest absolute Gasteiger partial charge is 0.493 e. The molecule has 0 fully saturated rings. The molecular weight excluding hydrogens is 384 g/mol. The summed E-state index contributed by atoms with van der Waals surface area (Å²) in [6.45, 7) is 2.98. The van der Waals surface area contributed by atoms with Gasteiger partial charge in [0.25, 0.3) is 0 Å². The Labute approximate surface area is 179 Å². The van der Waals surface area contributed by atoms with E-state index in [9.17, 15) is 15.3 Å². The van der Waals surface area contributed by atoms with Gasteiger partial charge in [0, 0.05) is 32.7 Å². The molecule has 0 saturated carbocycles. The highest BCUT2D eigenvalue weighted by atomic mass is 16.5. The van der Waals surface area contributed by atoms with E-state index in [0.29, 0.717) is 37.7 Å². The molecule has 0 unspecified atom stereocenters. The molecular formula is C23H34N2O5. The molecule has 30 heavy (non-hydrogen) atoms. The van der Waals surface area contributed by atoms with Crippen molar-refractivity contribution in [1.82, 2.24) is 9.80 Å². The van der Waals surface area contributed by atoms with Crippen molar-refractivity contribution in [2.24, 2.45) is 0 Å². The van der Waals surface area contributed by atoms with Crippen LogP contribution in [0.4, 0.5) is 0 Å². The van der Waals surface area contributed by atoms with E-state index in [1.54, 1.807) is 7.11 Å². The molecule has 0 amide bonds. The molecule has 0 bridgehead atoms. The molecule has 2 aromatic carbocycles. The van der Waals surface area contributed by atoms with Crippen molar-refractivity contribution in [1.29, 1.82) is 0 Å². The van der Waals surface area contributed by atoms with Crippen molar-refractivity contribution >= 4 is 0 Å². The van der Waals surface area contributed by atoms with Crippen LogP contribution in [0.5, 0.6) is 11.5 Å². The molecule has 2 aromatic rings. The predicted molar refractivity (Wildman–Crippen MR) is 117 cm³/mol. The first-order valence-corrected chi connectivity index (χ1v) is 10.2. The van der Waals surface area contributed by atoms with Gasteiger partial charge in [-0.15, -0.1) is 0 Å².